The summed E-state index contributed by atoms with van der Waals surface area (Å²) in [5.74, 6) is 6.72. The van der Waals surface area contributed by atoms with Gasteiger partial charge in [-0.25, -0.2) is 0 Å². The Morgan fingerprint density at radius 1 is 1.35 bits per heavy atom. The number of benzene rings is 1. The molecule has 0 amide bonds. The third-order valence-corrected chi connectivity index (χ3v) is 5.03. The van der Waals surface area contributed by atoms with Gasteiger partial charge in [-0.15, -0.1) is 0 Å². The molecule has 3 N–H and O–H groups in total. The maximum absolute atomic E-state index is 5.94. The first-order valence-electron chi connectivity index (χ1n) is 7.76. The van der Waals surface area contributed by atoms with Crippen molar-refractivity contribution in [1.82, 2.24) is 10.3 Å². The van der Waals surface area contributed by atoms with Gasteiger partial charge in [0.2, 0.25) is 0 Å². The van der Waals surface area contributed by atoms with Crippen LogP contribution in [0, 0.1) is 5.92 Å². The first-order valence-corrected chi connectivity index (χ1v) is 7.76. The zero-order valence-electron chi connectivity index (χ0n) is 13.1. The van der Waals surface area contributed by atoms with Crippen molar-refractivity contribution in [2.24, 2.45) is 11.8 Å². The summed E-state index contributed by atoms with van der Waals surface area (Å²) in [7, 11) is 4.40. The van der Waals surface area contributed by atoms with Crippen molar-refractivity contribution < 1.29 is 0 Å². The van der Waals surface area contributed by atoms with Crippen LogP contribution < -0.4 is 11.3 Å². The second kappa shape index (κ2) is 6.70. The Morgan fingerprint density at radius 2 is 2.05 bits per heavy atom. The topological polar surface area (TPSA) is 41.3 Å². The molecular weight excluding hydrogens is 246 g/mol. The van der Waals surface area contributed by atoms with Crippen molar-refractivity contribution in [3.05, 3.63) is 35.9 Å². The number of nitrogens with zero attached hydrogens (tertiary/aromatic N) is 1. The molecule has 0 aliphatic heterocycles. The highest BCUT2D eigenvalue weighted by atomic mass is 15.3. The monoisotopic (exact) mass is 275 g/mol. The zero-order valence-corrected chi connectivity index (χ0v) is 13.1. The normalized spacial score (nSPS) is 28.6. The van der Waals surface area contributed by atoms with Crippen molar-refractivity contribution >= 4 is 0 Å². The van der Waals surface area contributed by atoms with Crippen molar-refractivity contribution in [3.8, 4) is 0 Å². The van der Waals surface area contributed by atoms with Gasteiger partial charge in [0.1, 0.15) is 0 Å². The van der Waals surface area contributed by atoms with Crippen molar-refractivity contribution in [1.29, 1.82) is 0 Å². The summed E-state index contributed by atoms with van der Waals surface area (Å²) < 4.78 is 0. The Labute approximate surface area is 123 Å². The second-order valence-electron chi connectivity index (χ2n) is 6.61. The smallest absolute Gasteiger partial charge is 0.0434 e. The van der Waals surface area contributed by atoms with Crippen LogP contribution in [-0.2, 0) is 6.42 Å². The average Bonchev–Trinajstić information content (AvgIpc) is 2.45. The summed E-state index contributed by atoms with van der Waals surface area (Å²) in [5.41, 5.74) is 4.65. The highest BCUT2D eigenvalue weighted by Gasteiger charge is 2.43. The number of hydrazine groups is 1. The standard InChI is InChI=1S/C17H29N3/c1-14-8-7-11-17(13-14,20(2)3)16(19-18)12-15-9-5-4-6-10-15/h4-6,9-10,14,16,19H,7-8,11-13,18H2,1-3H3. The molecule has 2 rings (SSSR count). The number of hydrogen-bond acceptors (Lipinski definition) is 3. The van der Waals surface area contributed by atoms with E-state index in [9.17, 15) is 0 Å². The lowest BCUT2D eigenvalue weighted by Gasteiger charge is -2.50. The predicted molar refractivity (Wildman–Crippen MR) is 85.3 cm³/mol. The minimum atomic E-state index is 0.169. The molecule has 0 aromatic heterocycles. The maximum Gasteiger partial charge on any atom is 0.0434 e. The molecule has 1 aliphatic carbocycles. The molecule has 1 aromatic carbocycles. The minimum absolute atomic E-state index is 0.169. The quantitative estimate of drug-likeness (QED) is 0.641. The zero-order chi connectivity index (χ0) is 14.6. The number of hydrogen-bond donors (Lipinski definition) is 2. The molecule has 3 heteroatoms. The average molecular weight is 275 g/mol. The Hall–Kier alpha value is -0.900. The van der Waals surface area contributed by atoms with Gasteiger partial charge in [-0.3, -0.25) is 11.3 Å². The van der Waals surface area contributed by atoms with Gasteiger partial charge in [-0.1, -0.05) is 50.1 Å². The molecule has 112 valence electrons. The van der Waals surface area contributed by atoms with Gasteiger partial charge in [0.15, 0.2) is 0 Å². The van der Waals surface area contributed by atoms with Crippen LogP contribution in [0.3, 0.4) is 0 Å². The highest BCUT2D eigenvalue weighted by molar-refractivity contribution is 5.18. The van der Waals surface area contributed by atoms with E-state index in [1.807, 2.05) is 0 Å². The van der Waals surface area contributed by atoms with Crippen LogP contribution in [0.5, 0.6) is 0 Å². The highest BCUT2D eigenvalue weighted by Crippen LogP contribution is 2.38. The Kier molecular flexibility index (Phi) is 5.19. The van der Waals surface area contributed by atoms with E-state index in [-0.39, 0.29) is 5.54 Å². The van der Waals surface area contributed by atoms with Crippen molar-refractivity contribution in [2.75, 3.05) is 14.1 Å². The molecule has 1 fully saturated rings. The molecule has 0 heterocycles. The van der Waals surface area contributed by atoms with Crippen molar-refractivity contribution in [3.63, 3.8) is 0 Å². The molecule has 1 aromatic rings. The number of nitrogens with two attached hydrogens (primary N) is 1. The fourth-order valence-corrected chi connectivity index (χ4v) is 3.85. The lowest BCUT2D eigenvalue weighted by molar-refractivity contribution is 0.0373. The van der Waals surface area contributed by atoms with Gasteiger partial charge in [0.25, 0.3) is 0 Å². The Morgan fingerprint density at radius 3 is 2.60 bits per heavy atom. The maximum atomic E-state index is 5.94. The van der Waals surface area contributed by atoms with E-state index in [0.717, 1.165) is 12.3 Å². The molecule has 0 saturated heterocycles. The van der Waals surface area contributed by atoms with Gasteiger partial charge in [0.05, 0.1) is 0 Å². The summed E-state index contributed by atoms with van der Waals surface area (Å²) in [5, 5.41) is 0. The third kappa shape index (κ3) is 3.22. The minimum Gasteiger partial charge on any atom is -0.302 e. The Balaban J connectivity index is 2.21. The summed E-state index contributed by atoms with van der Waals surface area (Å²) in [4.78, 5) is 2.40. The van der Waals surface area contributed by atoms with Crippen LogP contribution in [-0.4, -0.2) is 30.6 Å². The van der Waals surface area contributed by atoms with E-state index >= 15 is 0 Å². The van der Waals surface area contributed by atoms with Crippen LogP contribution in [0.1, 0.15) is 38.2 Å². The number of rotatable bonds is 5. The lowest BCUT2D eigenvalue weighted by atomic mass is 9.70. The van der Waals surface area contributed by atoms with Crippen molar-refractivity contribution in [2.45, 2.75) is 50.6 Å². The molecule has 3 unspecified atom stereocenters. The molecule has 3 atom stereocenters. The summed E-state index contributed by atoms with van der Waals surface area (Å²) in [6.07, 6.45) is 6.08. The van der Waals surface area contributed by atoms with Gasteiger partial charge < -0.3 is 4.90 Å². The third-order valence-electron chi connectivity index (χ3n) is 5.03. The number of nitrogens with one attached hydrogen (secondary N) is 1. The number of likely N-dealkylation sites (N-methyl/N-ethyl adjacent to an activating group) is 1. The SMILES string of the molecule is CC1CCCC(C(Cc2ccccc2)NN)(N(C)C)C1. The van der Waals surface area contributed by atoms with Crippen LogP contribution >= 0.6 is 0 Å². The summed E-state index contributed by atoms with van der Waals surface area (Å²) >= 11 is 0. The molecule has 20 heavy (non-hydrogen) atoms. The van der Waals surface area contributed by atoms with Crippen LogP contribution in [0.4, 0.5) is 0 Å². The van der Waals surface area contributed by atoms with Crippen LogP contribution in [0.25, 0.3) is 0 Å². The Bertz CT molecular complexity index is 404. The first kappa shape index (κ1) is 15.5. The van der Waals surface area contributed by atoms with Gasteiger partial charge in [0, 0.05) is 11.6 Å². The van der Waals surface area contributed by atoms with Gasteiger partial charge in [-0.05, 0) is 44.8 Å². The van der Waals surface area contributed by atoms with E-state index < -0.39 is 0 Å². The molecule has 0 bridgehead atoms. The summed E-state index contributed by atoms with van der Waals surface area (Å²) in [6.45, 7) is 2.37. The largest absolute Gasteiger partial charge is 0.302 e. The fourth-order valence-electron chi connectivity index (χ4n) is 3.85. The van der Waals surface area contributed by atoms with E-state index in [2.05, 4.69) is 61.7 Å². The van der Waals surface area contributed by atoms with Gasteiger partial charge >= 0.3 is 0 Å². The molecule has 0 spiro atoms. The molecule has 1 saturated carbocycles. The van der Waals surface area contributed by atoms with E-state index in [1.54, 1.807) is 0 Å². The molecular formula is C17H29N3. The van der Waals surface area contributed by atoms with E-state index in [0.29, 0.717) is 6.04 Å². The summed E-state index contributed by atoms with van der Waals surface area (Å²) in [6, 6.07) is 11.0. The fraction of sp³-hybridized carbons (Fsp3) is 0.647. The van der Waals surface area contributed by atoms with Crippen LogP contribution in [0.15, 0.2) is 30.3 Å². The molecule has 0 radical (unpaired) electrons. The second-order valence-corrected chi connectivity index (χ2v) is 6.61. The van der Waals surface area contributed by atoms with Gasteiger partial charge in [-0.2, -0.15) is 0 Å². The molecule has 1 aliphatic rings. The molecule has 3 nitrogen and oxygen atoms in total. The van der Waals surface area contributed by atoms with E-state index in [1.165, 1.54) is 31.2 Å². The first-order chi connectivity index (χ1) is 9.58. The van der Waals surface area contributed by atoms with Crippen LogP contribution in [0.2, 0.25) is 0 Å². The lowest BCUT2D eigenvalue weighted by Crippen LogP contribution is -2.63. The predicted octanol–water partition coefficient (Wildman–Crippen LogP) is 2.57. The van der Waals surface area contributed by atoms with E-state index in [4.69, 9.17) is 5.84 Å².